The average molecular weight is 364 g/mol. The smallest absolute Gasteiger partial charge is 0.156 e. The third-order valence-electron chi connectivity index (χ3n) is 3.30. The largest absolute Gasteiger partial charge is 0.488 e. The fraction of sp³-hybridized carbons (Fsp3) is 0.667. The van der Waals surface area contributed by atoms with Crippen molar-refractivity contribution in [3.8, 4) is 5.75 Å². The van der Waals surface area contributed by atoms with E-state index < -0.39 is 0 Å². The molecule has 0 aliphatic rings. The van der Waals surface area contributed by atoms with Gasteiger partial charge in [-0.2, -0.15) is 0 Å². The van der Waals surface area contributed by atoms with Crippen molar-refractivity contribution >= 4 is 23.2 Å². The van der Waals surface area contributed by atoms with Crippen molar-refractivity contribution in [1.82, 2.24) is 4.90 Å². The Bertz CT molecular complexity index is 404. The minimum absolute atomic E-state index is 0.440. The lowest BCUT2D eigenvalue weighted by Gasteiger charge is -2.19. The lowest BCUT2D eigenvalue weighted by molar-refractivity contribution is 0.146. The molecule has 0 spiro atoms. The average Bonchev–Trinajstić information content (AvgIpc) is 2.56. The maximum absolute atomic E-state index is 6.26. The zero-order valence-corrected chi connectivity index (χ0v) is 16.6. The van der Waals surface area contributed by atoms with Crippen LogP contribution in [0, 0.1) is 0 Å². The molecule has 0 heterocycles. The Morgan fingerprint density at radius 3 is 2.09 bits per heavy atom. The molecule has 3 nitrogen and oxygen atoms in total. The van der Waals surface area contributed by atoms with E-state index in [2.05, 4.69) is 18.7 Å². The molecule has 5 heteroatoms. The first kappa shape index (κ1) is 22.5. The Morgan fingerprint density at radius 1 is 1.00 bits per heavy atom. The van der Waals surface area contributed by atoms with Gasteiger partial charge in [0.1, 0.15) is 6.61 Å². The second kappa shape index (κ2) is 13.9. The standard InChI is InChI=1S/C16H25Cl2NO2.C2H6/c1-4-7-19(5-2)8-6-13-11-14(17)16(15(18)12-13)21-10-9-20-3;1-2/h11-12H,4-10H2,1-3H3;1-2H3. The zero-order valence-electron chi connectivity index (χ0n) is 15.1. The van der Waals surface area contributed by atoms with Crippen LogP contribution in [0.15, 0.2) is 12.1 Å². The highest BCUT2D eigenvalue weighted by molar-refractivity contribution is 6.37. The number of ether oxygens (including phenoxy) is 2. The molecule has 0 aliphatic heterocycles. The summed E-state index contributed by atoms with van der Waals surface area (Å²) in [7, 11) is 1.63. The fourth-order valence-electron chi connectivity index (χ4n) is 2.15. The van der Waals surface area contributed by atoms with Crippen LogP contribution >= 0.6 is 23.2 Å². The second-order valence-electron chi connectivity index (χ2n) is 4.91. The van der Waals surface area contributed by atoms with Gasteiger partial charge in [-0.3, -0.25) is 0 Å². The number of methoxy groups -OCH3 is 1. The molecule has 0 amide bonds. The molecule has 0 saturated heterocycles. The number of rotatable bonds is 10. The van der Waals surface area contributed by atoms with Crippen molar-refractivity contribution in [2.24, 2.45) is 0 Å². The van der Waals surface area contributed by atoms with Crippen LogP contribution in [0.2, 0.25) is 10.0 Å². The van der Waals surface area contributed by atoms with E-state index in [1.165, 1.54) is 6.42 Å². The molecule has 134 valence electrons. The Kier molecular flexibility index (Phi) is 13.6. The zero-order chi connectivity index (χ0) is 17.7. The summed E-state index contributed by atoms with van der Waals surface area (Å²) in [6.45, 7) is 12.5. The molecule has 0 saturated carbocycles. The third kappa shape index (κ3) is 8.80. The minimum atomic E-state index is 0.440. The number of likely N-dealkylation sites (N-methyl/N-ethyl adjacent to an activating group) is 1. The molecule has 0 unspecified atom stereocenters. The molecular formula is C18H31Cl2NO2. The van der Waals surface area contributed by atoms with E-state index >= 15 is 0 Å². The molecule has 1 aromatic carbocycles. The highest BCUT2D eigenvalue weighted by atomic mass is 35.5. The molecule has 0 fully saturated rings. The second-order valence-corrected chi connectivity index (χ2v) is 5.73. The summed E-state index contributed by atoms with van der Waals surface area (Å²) in [5, 5.41) is 1.12. The van der Waals surface area contributed by atoms with Crippen LogP contribution in [0.1, 0.15) is 39.7 Å². The van der Waals surface area contributed by atoms with Crippen LogP contribution in [0.5, 0.6) is 5.75 Å². The predicted molar refractivity (Wildman–Crippen MR) is 101 cm³/mol. The maximum atomic E-state index is 6.26. The van der Waals surface area contributed by atoms with Gasteiger partial charge in [-0.25, -0.2) is 0 Å². The summed E-state index contributed by atoms with van der Waals surface area (Å²) in [4.78, 5) is 2.42. The van der Waals surface area contributed by atoms with E-state index in [0.717, 1.165) is 31.6 Å². The molecular weight excluding hydrogens is 333 g/mol. The minimum Gasteiger partial charge on any atom is -0.488 e. The van der Waals surface area contributed by atoms with Crippen LogP contribution in [0.25, 0.3) is 0 Å². The first-order valence-electron chi connectivity index (χ1n) is 8.44. The van der Waals surface area contributed by atoms with Crippen molar-refractivity contribution in [3.05, 3.63) is 27.7 Å². The number of halogens is 2. The van der Waals surface area contributed by atoms with Crippen LogP contribution in [0.4, 0.5) is 0 Å². The van der Waals surface area contributed by atoms with Crippen LogP contribution in [0.3, 0.4) is 0 Å². The molecule has 1 rings (SSSR count). The highest BCUT2D eigenvalue weighted by Gasteiger charge is 2.10. The van der Waals surface area contributed by atoms with Crippen molar-refractivity contribution in [2.45, 2.75) is 40.5 Å². The van der Waals surface area contributed by atoms with E-state index in [-0.39, 0.29) is 0 Å². The topological polar surface area (TPSA) is 21.7 Å². The maximum Gasteiger partial charge on any atom is 0.156 e. The fourth-order valence-corrected chi connectivity index (χ4v) is 2.79. The van der Waals surface area contributed by atoms with Gasteiger partial charge < -0.3 is 14.4 Å². The van der Waals surface area contributed by atoms with E-state index in [9.17, 15) is 0 Å². The van der Waals surface area contributed by atoms with Gasteiger partial charge in [0.25, 0.3) is 0 Å². The highest BCUT2D eigenvalue weighted by Crippen LogP contribution is 2.34. The van der Waals surface area contributed by atoms with Gasteiger partial charge in [0, 0.05) is 13.7 Å². The monoisotopic (exact) mass is 363 g/mol. The molecule has 1 aromatic rings. The Hall–Kier alpha value is -0.480. The lowest BCUT2D eigenvalue weighted by Crippen LogP contribution is -2.26. The van der Waals surface area contributed by atoms with Crippen LogP contribution in [-0.2, 0) is 11.2 Å². The van der Waals surface area contributed by atoms with Crippen molar-refractivity contribution in [2.75, 3.05) is 40.0 Å². The van der Waals surface area contributed by atoms with Gasteiger partial charge in [0.05, 0.1) is 16.7 Å². The Morgan fingerprint density at radius 2 is 1.61 bits per heavy atom. The van der Waals surface area contributed by atoms with Gasteiger partial charge in [-0.15, -0.1) is 0 Å². The molecule has 0 bridgehead atoms. The van der Waals surface area contributed by atoms with Crippen molar-refractivity contribution in [1.29, 1.82) is 0 Å². The summed E-state index contributed by atoms with van der Waals surface area (Å²) in [5.41, 5.74) is 1.14. The summed E-state index contributed by atoms with van der Waals surface area (Å²) in [5.74, 6) is 0.542. The normalized spacial score (nSPS) is 10.4. The molecule has 0 aliphatic carbocycles. The summed E-state index contributed by atoms with van der Waals surface area (Å²) < 4.78 is 10.5. The van der Waals surface area contributed by atoms with Gasteiger partial charge in [-0.1, -0.05) is 50.9 Å². The summed E-state index contributed by atoms with van der Waals surface area (Å²) in [6, 6.07) is 3.88. The van der Waals surface area contributed by atoms with E-state index in [4.69, 9.17) is 32.7 Å². The van der Waals surface area contributed by atoms with Gasteiger partial charge in [0.2, 0.25) is 0 Å². The third-order valence-corrected chi connectivity index (χ3v) is 3.86. The van der Waals surface area contributed by atoms with Crippen LogP contribution < -0.4 is 4.74 Å². The predicted octanol–water partition coefficient (Wildman–Crippen LogP) is 5.32. The number of nitrogens with zero attached hydrogens (tertiary/aromatic N) is 1. The van der Waals surface area contributed by atoms with Crippen LogP contribution in [-0.4, -0.2) is 44.9 Å². The Labute approximate surface area is 151 Å². The number of benzene rings is 1. The number of hydrogen-bond acceptors (Lipinski definition) is 3. The first-order valence-corrected chi connectivity index (χ1v) is 9.19. The van der Waals surface area contributed by atoms with Crippen molar-refractivity contribution in [3.63, 3.8) is 0 Å². The number of hydrogen-bond donors (Lipinski definition) is 0. The molecule has 0 aromatic heterocycles. The summed E-state index contributed by atoms with van der Waals surface area (Å²) >= 11 is 12.5. The van der Waals surface area contributed by atoms with Gasteiger partial charge in [0.15, 0.2) is 5.75 Å². The first-order chi connectivity index (χ1) is 11.1. The summed E-state index contributed by atoms with van der Waals surface area (Å²) in [6.07, 6.45) is 2.10. The molecule has 0 atom stereocenters. The molecule has 0 radical (unpaired) electrons. The quantitative estimate of drug-likeness (QED) is 0.525. The molecule has 0 N–H and O–H groups in total. The SMILES string of the molecule is CC.CCCN(CC)CCc1cc(Cl)c(OCCOC)c(Cl)c1. The van der Waals surface area contributed by atoms with Gasteiger partial charge >= 0.3 is 0 Å². The van der Waals surface area contributed by atoms with Crippen molar-refractivity contribution < 1.29 is 9.47 Å². The molecule has 23 heavy (non-hydrogen) atoms. The van der Waals surface area contributed by atoms with E-state index in [1.807, 2.05) is 26.0 Å². The van der Waals surface area contributed by atoms with E-state index in [0.29, 0.717) is 29.0 Å². The van der Waals surface area contributed by atoms with Gasteiger partial charge in [-0.05, 0) is 43.6 Å². The van der Waals surface area contributed by atoms with E-state index in [1.54, 1.807) is 7.11 Å². The Balaban J connectivity index is 0.00000232. The lowest BCUT2D eigenvalue weighted by atomic mass is 10.1.